The SMILES string of the molecule is CS(=O)(=O)CCNc1nonc1/C(=N\O)NC1Cc2ccc(F)cc21. The smallest absolute Gasteiger partial charge is 0.202 e. The summed E-state index contributed by atoms with van der Waals surface area (Å²) in [6.45, 7) is 0.0935. The van der Waals surface area contributed by atoms with Crippen LogP contribution in [0.1, 0.15) is 22.9 Å². The zero-order chi connectivity index (χ0) is 18.0. The highest BCUT2D eigenvalue weighted by molar-refractivity contribution is 7.90. The summed E-state index contributed by atoms with van der Waals surface area (Å²) in [4.78, 5) is 0. The molecule has 3 N–H and O–H groups in total. The van der Waals surface area contributed by atoms with Crippen LogP contribution in [0.5, 0.6) is 0 Å². The number of benzene rings is 1. The summed E-state index contributed by atoms with van der Waals surface area (Å²) in [6.07, 6.45) is 1.75. The van der Waals surface area contributed by atoms with Crippen molar-refractivity contribution in [2.75, 3.05) is 23.9 Å². The van der Waals surface area contributed by atoms with Gasteiger partial charge in [0.05, 0.1) is 11.8 Å². The molecule has 1 aromatic heterocycles. The van der Waals surface area contributed by atoms with Crippen molar-refractivity contribution in [2.45, 2.75) is 12.5 Å². The number of nitrogens with one attached hydrogen (secondary N) is 2. The minimum atomic E-state index is -3.14. The van der Waals surface area contributed by atoms with Gasteiger partial charge in [0.15, 0.2) is 11.5 Å². The van der Waals surface area contributed by atoms with Gasteiger partial charge in [-0.25, -0.2) is 17.4 Å². The van der Waals surface area contributed by atoms with Crippen molar-refractivity contribution in [1.29, 1.82) is 0 Å². The lowest BCUT2D eigenvalue weighted by molar-refractivity contribution is 0.303. The summed E-state index contributed by atoms with van der Waals surface area (Å²) in [5, 5.41) is 25.4. The largest absolute Gasteiger partial charge is 0.409 e. The molecule has 2 aromatic rings. The third-order valence-corrected chi connectivity index (χ3v) is 4.74. The molecule has 1 atom stereocenters. The van der Waals surface area contributed by atoms with Crippen LogP contribution in [0.4, 0.5) is 10.2 Å². The fourth-order valence-electron chi connectivity index (χ4n) is 2.53. The maximum atomic E-state index is 13.3. The lowest BCUT2D eigenvalue weighted by atomic mass is 9.83. The van der Waals surface area contributed by atoms with Crippen molar-refractivity contribution >= 4 is 21.5 Å². The molecule has 1 aromatic carbocycles. The number of amidine groups is 1. The molecular formula is C14H16FN5O4S. The molecule has 3 rings (SSSR count). The Bertz CT molecular complexity index is 912. The van der Waals surface area contributed by atoms with Gasteiger partial charge in [-0.3, -0.25) is 0 Å². The van der Waals surface area contributed by atoms with Gasteiger partial charge in [0.1, 0.15) is 15.7 Å². The van der Waals surface area contributed by atoms with Gasteiger partial charge < -0.3 is 15.8 Å². The number of fused-ring (bicyclic) bond motifs is 1. The molecular weight excluding hydrogens is 353 g/mol. The van der Waals surface area contributed by atoms with Crippen LogP contribution in [0.2, 0.25) is 0 Å². The topological polar surface area (TPSA) is 130 Å². The number of halogens is 1. The maximum Gasteiger partial charge on any atom is 0.202 e. The van der Waals surface area contributed by atoms with E-state index >= 15 is 0 Å². The van der Waals surface area contributed by atoms with Gasteiger partial charge >= 0.3 is 0 Å². The molecule has 0 fully saturated rings. The molecule has 0 saturated carbocycles. The highest BCUT2D eigenvalue weighted by Crippen LogP contribution is 2.33. The first kappa shape index (κ1) is 17.1. The lowest BCUT2D eigenvalue weighted by Gasteiger charge is -2.31. The molecule has 11 heteroatoms. The van der Waals surface area contributed by atoms with E-state index in [9.17, 15) is 18.0 Å². The van der Waals surface area contributed by atoms with Crippen LogP contribution in [0.3, 0.4) is 0 Å². The van der Waals surface area contributed by atoms with E-state index in [1.54, 1.807) is 6.07 Å². The Balaban J connectivity index is 1.70. The summed E-state index contributed by atoms with van der Waals surface area (Å²) in [5.74, 6) is -0.321. The Morgan fingerprint density at radius 2 is 2.28 bits per heavy atom. The lowest BCUT2D eigenvalue weighted by Crippen LogP contribution is -2.37. The monoisotopic (exact) mass is 369 g/mol. The molecule has 0 amide bonds. The molecule has 25 heavy (non-hydrogen) atoms. The van der Waals surface area contributed by atoms with E-state index < -0.39 is 9.84 Å². The van der Waals surface area contributed by atoms with Crippen molar-refractivity contribution in [1.82, 2.24) is 15.6 Å². The van der Waals surface area contributed by atoms with Crippen molar-refractivity contribution in [3.05, 3.63) is 40.8 Å². The molecule has 134 valence electrons. The molecule has 1 aliphatic carbocycles. The van der Waals surface area contributed by atoms with E-state index in [2.05, 4.69) is 30.7 Å². The number of anilines is 1. The number of oxime groups is 1. The summed E-state index contributed by atoms with van der Waals surface area (Å²) in [5.41, 5.74) is 1.87. The van der Waals surface area contributed by atoms with Gasteiger partial charge in [0.2, 0.25) is 5.82 Å². The fraction of sp³-hybridized carbons (Fsp3) is 0.357. The molecule has 1 unspecified atom stereocenters. The van der Waals surface area contributed by atoms with Gasteiger partial charge in [-0.15, -0.1) is 0 Å². The van der Waals surface area contributed by atoms with E-state index in [-0.39, 0.29) is 41.5 Å². The third-order valence-electron chi connectivity index (χ3n) is 3.80. The van der Waals surface area contributed by atoms with Crippen LogP contribution >= 0.6 is 0 Å². The molecule has 0 spiro atoms. The summed E-state index contributed by atoms with van der Waals surface area (Å²) < 4.78 is 40.3. The van der Waals surface area contributed by atoms with E-state index in [1.165, 1.54) is 12.1 Å². The number of rotatable bonds is 6. The van der Waals surface area contributed by atoms with E-state index in [1.807, 2.05) is 0 Å². The van der Waals surface area contributed by atoms with Crippen LogP contribution < -0.4 is 10.6 Å². The van der Waals surface area contributed by atoms with E-state index in [4.69, 9.17) is 0 Å². The fourth-order valence-corrected chi connectivity index (χ4v) is 3.00. The Labute approximate surface area is 142 Å². The van der Waals surface area contributed by atoms with E-state index in [0.717, 1.165) is 17.4 Å². The Morgan fingerprint density at radius 3 is 3.00 bits per heavy atom. The van der Waals surface area contributed by atoms with E-state index in [0.29, 0.717) is 6.42 Å². The molecule has 1 heterocycles. The summed E-state index contributed by atoms with van der Waals surface area (Å²) >= 11 is 0. The molecule has 9 nitrogen and oxygen atoms in total. The quantitative estimate of drug-likeness (QED) is 0.293. The van der Waals surface area contributed by atoms with Gasteiger partial charge in [0.25, 0.3) is 0 Å². The second-order valence-electron chi connectivity index (χ2n) is 5.71. The average molecular weight is 369 g/mol. The molecule has 0 radical (unpaired) electrons. The minimum Gasteiger partial charge on any atom is -0.409 e. The van der Waals surface area contributed by atoms with Gasteiger partial charge in [-0.1, -0.05) is 11.2 Å². The first-order valence-corrected chi connectivity index (χ1v) is 9.45. The highest BCUT2D eigenvalue weighted by atomic mass is 32.2. The number of aromatic nitrogens is 2. The minimum absolute atomic E-state index is 0.0111. The number of nitrogens with zero attached hydrogens (tertiary/aromatic N) is 3. The molecule has 0 aliphatic heterocycles. The standard InChI is InChI=1S/C14H16FN5O4S/c1-25(22,23)5-4-16-13-12(19-24-20-13)14(18-21)17-11-6-8-2-3-9(15)7-10(8)11/h2-3,7,11,21H,4-6H2,1H3,(H,16,20)(H,17,18). The Kier molecular flexibility index (Phi) is 4.57. The second kappa shape index (κ2) is 6.67. The Morgan fingerprint density at radius 1 is 1.48 bits per heavy atom. The van der Waals surface area contributed by atoms with Gasteiger partial charge in [-0.2, -0.15) is 0 Å². The van der Waals surface area contributed by atoms with Crippen LogP contribution in [-0.4, -0.2) is 48.3 Å². The predicted octanol–water partition coefficient (Wildman–Crippen LogP) is 0.688. The summed E-state index contributed by atoms with van der Waals surface area (Å²) in [6, 6.07) is 4.27. The molecule has 0 saturated heterocycles. The zero-order valence-corrected chi connectivity index (χ0v) is 14.0. The first-order chi connectivity index (χ1) is 11.9. The summed E-state index contributed by atoms with van der Waals surface area (Å²) in [7, 11) is -3.14. The van der Waals surface area contributed by atoms with Crippen LogP contribution in [-0.2, 0) is 16.3 Å². The van der Waals surface area contributed by atoms with Crippen molar-refractivity contribution < 1.29 is 22.6 Å². The second-order valence-corrected chi connectivity index (χ2v) is 7.97. The van der Waals surface area contributed by atoms with Crippen molar-refractivity contribution in [3.63, 3.8) is 0 Å². The van der Waals surface area contributed by atoms with Gasteiger partial charge in [-0.05, 0) is 40.0 Å². The normalized spacial score (nSPS) is 16.9. The number of hydrogen-bond donors (Lipinski definition) is 3. The number of sulfone groups is 1. The van der Waals surface area contributed by atoms with Crippen molar-refractivity contribution in [2.24, 2.45) is 5.16 Å². The van der Waals surface area contributed by atoms with Crippen LogP contribution in [0.15, 0.2) is 28.0 Å². The predicted molar refractivity (Wildman–Crippen MR) is 86.8 cm³/mol. The van der Waals surface area contributed by atoms with Gasteiger partial charge in [0, 0.05) is 12.8 Å². The Hall–Kier alpha value is -2.69. The molecule has 1 aliphatic rings. The zero-order valence-electron chi connectivity index (χ0n) is 13.2. The maximum absolute atomic E-state index is 13.3. The van der Waals surface area contributed by atoms with Crippen LogP contribution in [0.25, 0.3) is 0 Å². The van der Waals surface area contributed by atoms with Crippen molar-refractivity contribution in [3.8, 4) is 0 Å². The molecule has 0 bridgehead atoms. The van der Waals surface area contributed by atoms with Crippen LogP contribution in [0, 0.1) is 5.82 Å². The highest BCUT2D eigenvalue weighted by Gasteiger charge is 2.29. The first-order valence-electron chi connectivity index (χ1n) is 7.39. The third kappa shape index (κ3) is 3.87. The number of hydrogen-bond acceptors (Lipinski definition) is 8. The average Bonchev–Trinajstić information content (AvgIpc) is 2.98.